The summed E-state index contributed by atoms with van der Waals surface area (Å²) in [5, 5.41) is 12.8. The van der Waals surface area contributed by atoms with Crippen molar-refractivity contribution in [2.45, 2.75) is 0 Å². The van der Waals surface area contributed by atoms with Gasteiger partial charge in [-0.25, -0.2) is 19.9 Å². The van der Waals surface area contributed by atoms with Crippen molar-refractivity contribution in [3.05, 3.63) is 394 Å². The van der Waals surface area contributed by atoms with Crippen molar-refractivity contribution in [2.75, 3.05) is 0 Å². The summed E-state index contributed by atoms with van der Waals surface area (Å²) in [7, 11) is -5.48. The van der Waals surface area contributed by atoms with E-state index in [0.29, 0.717) is 35.1 Å². The molecule has 0 amide bonds. The molecule has 468 valence electrons. The molecular weight excluding hydrogens is 1240 g/mol. The third-order valence-corrected chi connectivity index (χ3v) is 28.2. The van der Waals surface area contributed by atoms with Gasteiger partial charge in [-0.2, -0.15) is 9.97 Å². The number of fused-ring (bicyclic) bond motifs is 3. The molecule has 3 aromatic heterocycles. The van der Waals surface area contributed by atoms with Gasteiger partial charge in [0.2, 0.25) is 5.95 Å². The Morgan fingerprint density at radius 1 is 0.172 bits per heavy atom. The predicted octanol–water partition coefficient (Wildman–Crippen LogP) is 15.6. The quantitative estimate of drug-likeness (QED) is 0.0751. The number of rotatable bonds is 15. The summed E-state index contributed by atoms with van der Waals surface area (Å²) in [6.45, 7) is 0. The van der Waals surface area contributed by atoms with E-state index in [1.807, 2.05) is 78.9 Å². The van der Waals surface area contributed by atoms with E-state index in [-0.39, 0.29) is 0 Å². The van der Waals surface area contributed by atoms with Gasteiger partial charge in [0, 0.05) is 38.6 Å². The van der Waals surface area contributed by atoms with Gasteiger partial charge in [-0.3, -0.25) is 4.57 Å². The molecule has 17 aromatic rings. The maximum atomic E-state index is 5.35. The molecule has 0 atom stereocenters. The fourth-order valence-electron chi connectivity index (χ4n) is 14.2. The van der Waals surface area contributed by atoms with Gasteiger partial charge < -0.3 is 0 Å². The largest absolute Gasteiger partial charge is 0.278 e. The van der Waals surface area contributed by atoms with Crippen LogP contribution < -0.4 is 41.5 Å². The lowest BCUT2D eigenvalue weighted by atomic mass is 10.0. The molecule has 17 rings (SSSR count). The first-order chi connectivity index (χ1) is 49.1. The summed E-state index contributed by atoms with van der Waals surface area (Å²) < 4.78 is 2.19. The molecule has 0 aliphatic rings. The summed E-state index contributed by atoms with van der Waals surface area (Å²) >= 11 is 0. The van der Waals surface area contributed by atoms with E-state index in [1.54, 1.807) is 0 Å². The average Bonchev–Trinajstić information content (AvgIpc) is 1.73. The number of aromatic nitrogens is 7. The van der Waals surface area contributed by atoms with Crippen LogP contribution in [0.25, 0.3) is 95.8 Å². The van der Waals surface area contributed by atoms with Crippen molar-refractivity contribution in [1.82, 2.24) is 34.5 Å². The number of hydrogen-bond acceptors (Lipinski definition) is 6. The lowest BCUT2D eigenvalue weighted by Gasteiger charge is -2.34. The van der Waals surface area contributed by atoms with Gasteiger partial charge in [0.25, 0.3) is 0 Å². The van der Waals surface area contributed by atoms with Gasteiger partial charge in [0.15, 0.2) is 45.3 Å². The highest BCUT2D eigenvalue weighted by Gasteiger charge is 2.43. The Morgan fingerprint density at radius 3 is 0.798 bits per heavy atom. The van der Waals surface area contributed by atoms with Crippen LogP contribution in [-0.4, -0.2) is 50.6 Å². The smallest absolute Gasteiger partial charge is 0.238 e. The second-order valence-corrected chi connectivity index (χ2v) is 32.1. The zero-order chi connectivity index (χ0) is 66.2. The molecule has 7 nitrogen and oxygen atoms in total. The monoisotopic (exact) mass is 1300 g/mol. The topological polar surface area (TPSA) is 82.3 Å². The van der Waals surface area contributed by atoms with Crippen molar-refractivity contribution in [3.8, 4) is 74.0 Å². The lowest BCUT2D eigenvalue weighted by Crippen LogP contribution is -2.74. The highest BCUT2D eigenvalue weighted by Crippen LogP contribution is 2.36. The Balaban J connectivity index is 0.000000160. The summed E-state index contributed by atoms with van der Waals surface area (Å²) in [6.07, 6.45) is 0. The summed E-state index contributed by atoms with van der Waals surface area (Å²) in [4.78, 5) is 30.8. The van der Waals surface area contributed by atoms with Crippen LogP contribution in [-0.2, 0) is 0 Å². The Kier molecular flexibility index (Phi) is 17.1. The van der Waals surface area contributed by atoms with Crippen LogP contribution in [0.1, 0.15) is 0 Å². The van der Waals surface area contributed by atoms with Crippen LogP contribution >= 0.6 is 0 Å². The van der Waals surface area contributed by atoms with Crippen LogP contribution in [0.3, 0.4) is 0 Å². The zero-order valence-corrected chi connectivity index (χ0v) is 56.2. The number of hydrogen-bond donors (Lipinski definition) is 0. The first-order valence-electron chi connectivity index (χ1n) is 33.4. The highest BCUT2D eigenvalue weighted by molar-refractivity contribution is 7.20. The zero-order valence-electron chi connectivity index (χ0n) is 54.2. The molecule has 0 unspecified atom stereocenters. The van der Waals surface area contributed by atoms with E-state index in [4.69, 9.17) is 29.9 Å². The molecule has 0 bridgehead atoms. The minimum atomic E-state index is -2.79. The van der Waals surface area contributed by atoms with Crippen LogP contribution in [0.5, 0.6) is 0 Å². The summed E-state index contributed by atoms with van der Waals surface area (Å²) in [6, 6.07) is 140. The van der Waals surface area contributed by atoms with Gasteiger partial charge in [-0.05, 0) is 70.8 Å². The molecule has 0 spiro atoms. The van der Waals surface area contributed by atoms with E-state index >= 15 is 0 Å². The van der Waals surface area contributed by atoms with Gasteiger partial charge in [0.05, 0.1) is 11.0 Å². The second kappa shape index (κ2) is 27.6. The molecule has 0 aliphatic carbocycles. The number of nitrogens with zero attached hydrogens (tertiary/aromatic N) is 7. The second-order valence-electron chi connectivity index (χ2n) is 24.5. The maximum absolute atomic E-state index is 5.35. The molecule has 0 fully saturated rings. The first-order valence-corrected chi connectivity index (χ1v) is 37.4. The van der Waals surface area contributed by atoms with Crippen molar-refractivity contribution >= 4 is 79.4 Å². The average molecular weight is 1300 g/mol. The van der Waals surface area contributed by atoms with Gasteiger partial charge in [-0.1, -0.05) is 376 Å². The third-order valence-electron chi connectivity index (χ3n) is 18.7. The van der Waals surface area contributed by atoms with E-state index in [0.717, 1.165) is 49.6 Å². The molecule has 9 heteroatoms. The van der Waals surface area contributed by atoms with Crippen LogP contribution in [0.15, 0.2) is 394 Å². The van der Waals surface area contributed by atoms with Crippen molar-refractivity contribution < 1.29 is 0 Å². The fourth-order valence-corrected chi connectivity index (χ4v) is 23.7. The molecule has 0 aliphatic heterocycles. The summed E-state index contributed by atoms with van der Waals surface area (Å²) in [5.74, 6) is 3.81. The normalized spacial score (nSPS) is 11.4. The Labute approximate surface area is 578 Å². The van der Waals surface area contributed by atoms with Crippen molar-refractivity contribution in [1.29, 1.82) is 0 Å². The van der Waals surface area contributed by atoms with Gasteiger partial charge in [-0.15, -0.1) is 0 Å². The van der Waals surface area contributed by atoms with Crippen molar-refractivity contribution in [2.24, 2.45) is 0 Å². The standard InChI is InChI=1S/C51H36N4Si.C39H29N3Si/c1-6-19-37(20-7-1)39-33-34-48-46(36-39)45-31-16-17-32-47(45)55(48)51-53-49(38-21-8-2-9-22-38)52-50(54-51)40-23-18-30-44(35-40)56(41-24-10-3-11-25-41,42-26-12-4-13-27-42)43-28-14-5-15-29-43;1-6-17-30(18-7-1)37-40-38(31-19-8-2-9-20-31)42-39(41-37)32-21-16-28-36(29-32)43(33-22-10-3-11-23-33,34-24-12-4-13-25-34)35-26-14-5-15-27-35/h1-36H;1-29H. The molecule has 99 heavy (non-hydrogen) atoms. The van der Waals surface area contributed by atoms with E-state index in [1.165, 1.54) is 52.6 Å². The number of benzene rings is 14. The fraction of sp³-hybridized carbons (Fsp3) is 0. The predicted molar refractivity (Wildman–Crippen MR) is 414 cm³/mol. The van der Waals surface area contributed by atoms with Crippen LogP contribution in [0.4, 0.5) is 0 Å². The SMILES string of the molecule is c1ccc(-c2ccc3c(c2)c2ccccc2n3-c2nc(-c3ccccc3)nc(-c3cccc([Si](c4ccccc4)(c4ccccc4)c4ccccc4)c3)n2)cc1.c1ccc(-c2nc(-c3ccccc3)nc(-c3cccc([Si](c4ccccc4)(c4ccccc4)c4ccccc4)c3)n2)cc1. The highest BCUT2D eigenvalue weighted by atomic mass is 28.3. The molecule has 0 saturated carbocycles. The van der Waals surface area contributed by atoms with Crippen LogP contribution in [0, 0.1) is 0 Å². The van der Waals surface area contributed by atoms with E-state index < -0.39 is 16.1 Å². The molecule has 0 radical (unpaired) electrons. The van der Waals surface area contributed by atoms with Gasteiger partial charge in [0.1, 0.15) is 0 Å². The summed E-state index contributed by atoms with van der Waals surface area (Å²) in [5.41, 5.74) is 9.19. The van der Waals surface area contributed by atoms with E-state index in [9.17, 15) is 0 Å². The lowest BCUT2D eigenvalue weighted by molar-refractivity contribution is 0.953. The molecule has 14 aromatic carbocycles. The molecular formula is C90H65N7Si2. The first kappa shape index (κ1) is 61.2. The Morgan fingerprint density at radius 2 is 0.434 bits per heavy atom. The Bertz CT molecular complexity index is 5330. The molecule has 0 saturated heterocycles. The Hall–Kier alpha value is -12.7. The minimum absolute atomic E-state index is 0.579. The van der Waals surface area contributed by atoms with Gasteiger partial charge >= 0.3 is 0 Å². The number of para-hydroxylation sites is 1. The van der Waals surface area contributed by atoms with E-state index in [2.05, 4.69) is 320 Å². The molecule has 3 heterocycles. The third kappa shape index (κ3) is 11.9. The maximum Gasteiger partial charge on any atom is 0.238 e. The van der Waals surface area contributed by atoms with Crippen LogP contribution in [0.2, 0.25) is 0 Å². The molecule has 0 N–H and O–H groups in total. The van der Waals surface area contributed by atoms with Crippen molar-refractivity contribution in [3.63, 3.8) is 0 Å². The minimum Gasteiger partial charge on any atom is -0.278 e.